The topological polar surface area (TPSA) is 316 Å². The molecule has 0 unspecified atom stereocenters. The molecule has 10 atom stereocenters. The second kappa shape index (κ2) is 25.0. The number of benzene rings is 1. The van der Waals surface area contributed by atoms with Crippen LogP contribution in [0.4, 0.5) is 0 Å². The standard InChI is InChI=1S/C35H56N4O17/c40-18-22-28(46)30(48)32(50)34(55-22)52-13-11-37-25(43)16-39(17-26(44)38-12-14-53-35-33(51)31(49)29(47)23(19-41)56-35)15-24(42)36-10-6-2-5-9-27(45)54-20-21-7-3-1-4-8-21/h1,3-4,7-8,22-23,28-35,40-41,46-51H,2,5-6,9-20H2,(H,36,42)(H,37,43)(H,38,44)/t22-,23-,28-,29-,30+,31+,32+,33+,34+,35+/m1/s1. The molecule has 0 bridgehead atoms. The molecular formula is C35H56N4O17. The maximum Gasteiger partial charge on any atom is 0.306 e. The molecule has 2 saturated heterocycles. The average Bonchev–Trinajstić information content (AvgIpc) is 3.18. The van der Waals surface area contributed by atoms with E-state index < -0.39 is 105 Å². The van der Waals surface area contributed by atoms with Crippen LogP contribution >= 0.6 is 0 Å². The Bertz CT molecular complexity index is 1270. The third kappa shape index (κ3) is 15.8. The molecule has 2 aliphatic rings. The largest absolute Gasteiger partial charge is 0.461 e. The highest BCUT2D eigenvalue weighted by atomic mass is 16.7. The predicted octanol–water partition coefficient (Wildman–Crippen LogP) is -5.43. The summed E-state index contributed by atoms with van der Waals surface area (Å²) in [6.45, 7) is -2.65. The Morgan fingerprint density at radius 1 is 0.607 bits per heavy atom. The van der Waals surface area contributed by atoms with Gasteiger partial charge in [-0.2, -0.15) is 0 Å². The van der Waals surface area contributed by atoms with Crippen molar-refractivity contribution in [3.05, 3.63) is 35.9 Å². The van der Waals surface area contributed by atoms with E-state index in [1.165, 1.54) is 4.90 Å². The molecule has 1 aromatic rings. The van der Waals surface area contributed by atoms with E-state index >= 15 is 0 Å². The van der Waals surface area contributed by atoms with Gasteiger partial charge in [-0.1, -0.05) is 36.8 Å². The minimum atomic E-state index is -1.64. The Labute approximate surface area is 323 Å². The number of aliphatic hydroxyl groups is 8. The second-order valence-electron chi connectivity index (χ2n) is 13.3. The van der Waals surface area contributed by atoms with Crippen molar-refractivity contribution in [3.63, 3.8) is 0 Å². The normalized spacial score (nSPS) is 27.7. The monoisotopic (exact) mass is 804 g/mol. The van der Waals surface area contributed by atoms with Gasteiger partial charge >= 0.3 is 5.97 Å². The SMILES string of the molecule is O=C(CN(CC(=O)NCCO[C@H]1O[C@H](CO)[C@@H](O)[C@H](O)[C@@H]1O)CC(=O)NCCO[C@H]1O[C@H](CO)[C@@H](O)[C@H](O)[C@@H]1O)NCCCCCC(=O)OCc1ccccc1. The van der Waals surface area contributed by atoms with E-state index in [2.05, 4.69) is 16.0 Å². The lowest BCUT2D eigenvalue weighted by Crippen LogP contribution is -2.59. The maximum absolute atomic E-state index is 12.8. The van der Waals surface area contributed by atoms with Crippen molar-refractivity contribution in [2.24, 2.45) is 0 Å². The summed E-state index contributed by atoms with van der Waals surface area (Å²) in [5.74, 6) is -2.02. The van der Waals surface area contributed by atoms with E-state index in [1.54, 1.807) is 0 Å². The Kier molecular flexibility index (Phi) is 21.0. The fourth-order valence-electron chi connectivity index (χ4n) is 5.70. The Hall–Kier alpha value is -3.42. The van der Waals surface area contributed by atoms with Gasteiger partial charge in [0.1, 0.15) is 55.4 Å². The van der Waals surface area contributed by atoms with Crippen LogP contribution in [0.2, 0.25) is 0 Å². The highest BCUT2D eigenvalue weighted by Gasteiger charge is 2.45. The summed E-state index contributed by atoms with van der Waals surface area (Å²) in [5.41, 5.74) is 0.884. The van der Waals surface area contributed by atoms with Gasteiger partial charge in [-0.05, 0) is 18.4 Å². The summed E-state index contributed by atoms with van der Waals surface area (Å²) in [7, 11) is 0. The smallest absolute Gasteiger partial charge is 0.306 e. The summed E-state index contributed by atoms with van der Waals surface area (Å²) in [6, 6.07) is 9.28. The number of rotatable bonds is 24. The van der Waals surface area contributed by atoms with Crippen molar-refractivity contribution >= 4 is 23.7 Å². The Morgan fingerprint density at radius 2 is 1.07 bits per heavy atom. The highest BCUT2D eigenvalue weighted by Crippen LogP contribution is 2.23. The molecule has 0 radical (unpaired) electrons. The Morgan fingerprint density at radius 3 is 1.54 bits per heavy atom. The molecule has 2 heterocycles. The van der Waals surface area contributed by atoms with Crippen molar-refractivity contribution in [1.29, 1.82) is 0 Å². The first-order valence-electron chi connectivity index (χ1n) is 18.4. The lowest BCUT2D eigenvalue weighted by Gasteiger charge is -2.39. The van der Waals surface area contributed by atoms with Gasteiger partial charge in [0.15, 0.2) is 12.6 Å². The molecule has 3 amide bonds. The van der Waals surface area contributed by atoms with E-state index in [1.807, 2.05) is 30.3 Å². The summed E-state index contributed by atoms with van der Waals surface area (Å²) in [6.07, 6.45) is -12.8. The number of carbonyl (C=O) groups excluding carboxylic acids is 4. The van der Waals surface area contributed by atoms with Crippen LogP contribution in [0.3, 0.4) is 0 Å². The minimum absolute atomic E-state index is 0.116. The number of ether oxygens (including phenoxy) is 5. The van der Waals surface area contributed by atoms with Gasteiger partial charge in [0.2, 0.25) is 17.7 Å². The van der Waals surface area contributed by atoms with E-state index in [0.29, 0.717) is 19.3 Å². The lowest BCUT2D eigenvalue weighted by atomic mass is 9.99. The van der Waals surface area contributed by atoms with E-state index in [9.17, 15) is 60.0 Å². The molecule has 3 rings (SSSR count). The number of carbonyl (C=O) groups is 4. The summed E-state index contributed by atoms with van der Waals surface area (Å²) in [5, 5.41) is 86.3. The van der Waals surface area contributed by atoms with Gasteiger partial charge < -0.3 is 80.5 Å². The molecule has 318 valence electrons. The van der Waals surface area contributed by atoms with Gasteiger partial charge in [0, 0.05) is 26.1 Å². The van der Waals surface area contributed by atoms with Crippen molar-refractivity contribution in [2.75, 3.05) is 65.7 Å². The molecular weight excluding hydrogens is 748 g/mol. The number of nitrogens with zero attached hydrogens (tertiary/aromatic N) is 1. The van der Waals surface area contributed by atoms with Crippen molar-refractivity contribution < 1.29 is 83.7 Å². The molecule has 0 aromatic heterocycles. The molecule has 2 aliphatic heterocycles. The third-order valence-corrected chi connectivity index (χ3v) is 8.83. The zero-order valence-electron chi connectivity index (χ0n) is 31.0. The molecule has 0 aliphatic carbocycles. The van der Waals surface area contributed by atoms with Crippen LogP contribution in [0.25, 0.3) is 0 Å². The summed E-state index contributed by atoms with van der Waals surface area (Å²) in [4.78, 5) is 51.7. The van der Waals surface area contributed by atoms with Crippen LogP contribution in [-0.4, -0.2) is 197 Å². The van der Waals surface area contributed by atoms with E-state index in [-0.39, 0.29) is 58.4 Å². The number of unbranched alkanes of at least 4 members (excludes halogenated alkanes) is 2. The summed E-state index contributed by atoms with van der Waals surface area (Å²) >= 11 is 0. The van der Waals surface area contributed by atoms with E-state index in [4.69, 9.17) is 23.7 Å². The number of amides is 3. The van der Waals surface area contributed by atoms with Crippen molar-refractivity contribution in [3.8, 4) is 0 Å². The first kappa shape index (κ1) is 47.0. The zero-order chi connectivity index (χ0) is 41.0. The third-order valence-electron chi connectivity index (χ3n) is 8.83. The van der Waals surface area contributed by atoms with Gasteiger partial charge in [0.05, 0.1) is 46.1 Å². The van der Waals surface area contributed by atoms with Crippen LogP contribution in [-0.2, 0) is 49.5 Å². The van der Waals surface area contributed by atoms with Crippen molar-refractivity contribution in [1.82, 2.24) is 20.9 Å². The second-order valence-corrected chi connectivity index (χ2v) is 13.3. The maximum atomic E-state index is 12.8. The van der Waals surface area contributed by atoms with Gasteiger partial charge in [-0.15, -0.1) is 0 Å². The first-order valence-corrected chi connectivity index (χ1v) is 18.4. The first-order chi connectivity index (χ1) is 26.8. The van der Waals surface area contributed by atoms with Crippen LogP contribution in [0.15, 0.2) is 30.3 Å². The summed E-state index contributed by atoms with van der Waals surface area (Å²) < 4.78 is 26.5. The van der Waals surface area contributed by atoms with E-state index in [0.717, 1.165) is 5.56 Å². The molecule has 0 spiro atoms. The number of esters is 1. The fraction of sp³-hybridized carbons (Fsp3) is 0.714. The minimum Gasteiger partial charge on any atom is -0.461 e. The number of hydrogen-bond donors (Lipinski definition) is 11. The van der Waals surface area contributed by atoms with Crippen LogP contribution in [0.5, 0.6) is 0 Å². The highest BCUT2D eigenvalue weighted by molar-refractivity contribution is 5.84. The predicted molar refractivity (Wildman–Crippen MR) is 190 cm³/mol. The van der Waals surface area contributed by atoms with Gasteiger partial charge in [-0.3, -0.25) is 24.1 Å². The number of hydrogen-bond acceptors (Lipinski definition) is 18. The molecule has 21 nitrogen and oxygen atoms in total. The average molecular weight is 805 g/mol. The molecule has 1 aromatic carbocycles. The van der Waals surface area contributed by atoms with Crippen LogP contribution < -0.4 is 16.0 Å². The molecule has 11 N–H and O–H groups in total. The van der Waals surface area contributed by atoms with Crippen molar-refractivity contribution in [2.45, 2.75) is 93.7 Å². The Balaban J connectivity index is 1.42. The van der Waals surface area contributed by atoms with Crippen LogP contribution in [0, 0.1) is 0 Å². The fourth-order valence-corrected chi connectivity index (χ4v) is 5.70. The molecule has 2 fully saturated rings. The quantitative estimate of drug-likeness (QED) is 0.0343. The number of aliphatic hydroxyl groups excluding tert-OH is 8. The van der Waals surface area contributed by atoms with Gasteiger partial charge in [0.25, 0.3) is 0 Å². The molecule has 0 saturated carbocycles. The zero-order valence-corrected chi connectivity index (χ0v) is 31.0. The number of nitrogens with one attached hydrogen (secondary N) is 3. The van der Waals surface area contributed by atoms with Crippen LogP contribution in [0.1, 0.15) is 31.2 Å². The van der Waals surface area contributed by atoms with Gasteiger partial charge in [-0.25, -0.2) is 0 Å². The lowest BCUT2D eigenvalue weighted by molar-refractivity contribution is -0.300. The molecule has 56 heavy (non-hydrogen) atoms. The molecule has 21 heteroatoms.